The smallest absolute Gasteiger partial charge is 0.227 e. The van der Waals surface area contributed by atoms with E-state index in [-0.39, 0.29) is 44.4 Å². The summed E-state index contributed by atoms with van der Waals surface area (Å²) in [7, 11) is 0. The van der Waals surface area contributed by atoms with E-state index in [9.17, 15) is 9.18 Å². The number of aryl methyl sites for hydroxylation is 1. The number of benzene rings is 1. The first-order valence-corrected chi connectivity index (χ1v) is 6.83. The number of aliphatic hydroxyl groups excluding tert-OH is 2. The van der Waals surface area contributed by atoms with Gasteiger partial charge in [0.15, 0.2) is 0 Å². The standard InChI is InChI=1S/C15H19FN2O3/c1-10-12(9-15(21)18(4-6-19)5-7-20)13-8-11(16)2-3-14(13)17-10/h2-3,8,17,19-20H,4-7,9H2,1H3. The highest BCUT2D eigenvalue weighted by atomic mass is 19.1. The molecule has 0 fully saturated rings. The highest BCUT2D eigenvalue weighted by Crippen LogP contribution is 2.24. The van der Waals surface area contributed by atoms with Crippen molar-refractivity contribution in [3.8, 4) is 0 Å². The van der Waals surface area contributed by atoms with E-state index < -0.39 is 0 Å². The Morgan fingerprint density at radius 2 is 1.95 bits per heavy atom. The number of aliphatic hydroxyl groups is 2. The number of aromatic nitrogens is 1. The van der Waals surface area contributed by atoms with Gasteiger partial charge in [0.2, 0.25) is 5.91 Å². The first-order chi connectivity index (χ1) is 10.1. The van der Waals surface area contributed by atoms with Crippen molar-refractivity contribution in [3.05, 3.63) is 35.3 Å². The lowest BCUT2D eigenvalue weighted by Crippen LogP contribution is -2.36. The number of amides is 1. The van der Waals surface area contributed by atoms with Crippen LogP contribution in [0, 0.1) is 12.7 Å². The van der Waals surface area contributed by atoms with Crippen LogP contribution in [0.4, 0.5) is 4.39 Å². The van der Waals surface area contributed by atoms with Gasteiger partial charge in [0.1, 0.15) is 5.82 Å². The molecule has 6 heteroatoms. The number of H-pyrrole nitrogens is 1. The largest absolute Gasteiger partial charge is 0.395 e. The average Bonchev–Trinajstić information content (AvgIpc) is 2.75. The molecule has 1 aromatic carbocycles. The summed E-state index contributed by atoms with van der Waals surface area (Å²) in [5, 5.41) is 18.6. The van der Waals surface area contributed by atoms with Gasteiger partial charge < -0.3 is 20.1 Å². The molecule has 0 atom stereocenters. The summed E-state index contributed by atoms with van der Waals surface area (Å²) in [6.07, 6.45) is 0.106. The zero-order valence-electron chi connectivity index (χ0n) is 11.9. The minimum atomic E-state index is -0.349. The van der Waals surface area contributed by atoms with Crippen LogP contribution in [0.15, 0.2) is 18.2 Å². The quantitative estimate of drug-likeness (QED) is 0.743. The van der Waals surface area contributed by atoms with Gasteiger partial charge >= 0.3 is 0 Å². The van der Waals surface area contributed by atoms with Crippen LogP contribution in [0.3, 0.4) is 0 Å². The third-order valence-corrected chi connectivity index (χ3v) is 3.50. The summed E-state index contributed by atoms with van der Waals surface area (Å²) >= 11 is 0. The van der Waals surface area contributed by atoms with Gasteiger partial charge in [-0.1, -0.05) is 0 Å². The van der Waals surface area contributed by atoms with Gasteiger partial charge in [0, 0.05) is 29.7 Å². The van der Waals surface area contributed by atoms with E-state index in [0.29, 0.717) is 5.39 Å². The Morgan fingerprint density at radius 1 is 1.29 bits per heavy atom. The second kappa shape index (κ2) is 6.69. The number of rotatable bonds is 6. The fourth-order valence-corrected chi connectivity index (χ4v) is 2.45. The highest BCUT2D eigenvalue weighted by molar-refractivity contribution is 5.90. The summed E-state index contributed by atoms with van der Waals surface area (Å²) in [4.78, 5) is 16.8. The molecular formula is C15H19FN2O3. The normalized spacial score (nSPS) is 11.0. The average molecular weight is 294 g/mol. The van der Waals surface area contributed by atoms with E-state index in [2.05, 4.69) is 4.98 Å². The Hall–Kier alpha value is -1.92. The summed E-state index contributed by atoms with van der Waals surface area (Å²) in [5.41, 5.74) is 2.35. The number of nitrogens with one attached hydrogen (secondary N) is 1. The van der Waals surface area contributed by atoms with Crippen LogP contribution in [-0.4, -0.2) is 52.3 Å². The molecule has 1 amide bonds. The van der Waals surface area contributed by atoms with Crippen LogP contribution in [0.5, 0.6) is 0 Å². The molecule has 5 nitrogen and oxygen atoms in total. The van der Waals surface area contributed by atoms with Crippen molar-refractivity contribution >= 4 is 16.8 Å². The molecule has 2 aromatic rings. The van der Waals surface area contributed by atoms with Crippen LogP contribution in [0.1, 0.15) is 11.3 Å². The Bertz CT molecular complexity index is 633. The topological polar surface area (TPSA) is 76.6 Å². The third kappa shape index (κ3) is 3.40. The molecule has 1 aromatic heterocycles. The lowest BCUT2D eigenvalue weighted by atomic mass is 10.1. The molecule has 0 saturated carbocycles. The molecule has 0 saturated heterocycles. The number of hydrogen-bond acceptors (Lipinski definition) is 3. The van der Waals surface area contributed by atoms with Gasteiger partial charge in [-0.15, -0.1) is 0 Å². The molecular weight excluding hydrogens is 275 g/mol. The highest BCUT2D eigenvalue weighted by Gasteiger charge is 2.17. The molecule has 0 aliphatic rings. The van der Waals surface area contributed by atoms with Crippen LogP contribution in [0.25, 0.3) is 10.9 Å². The predicted molar refractivity (Wildman–Crippen MR) is 77.4 cm³/mol. The van der Waals surface area contributed by atoms with E-state index in [1.807, 2.05) is 6.92 Å². The molecule has 0 unspecified atom stereocenters. The Labute approximate surface area is 122 Å². The Balaban J connectivity index is 2.27. The van der Waals surface area contributed by atoms with Gasteiger partial charge in [-0.2, -0.15) is 0 Å². The number of halogens is 1. The molecule has 0 radical (unpaired) electrons. The second-order valence-electron chi connectivity index (χ2n) is 4.92. The molecule has 0 aliphatic heterocycles. The van der Waals surface area contributed by atoms with Crippen molar-refractivity contribution in [2.45, 2.75) is 13.3 Å². The molecule has 0 bridgehead atoms. The van der Waals surface area contributed by atoms with E-state index in [4.69, 9.17) is 10.2 Å². The monoisotopic (exact) mass is 294 g/mol. The van der Waals surface area contributed by atoms with Gasteiger partial charge in [-0.3, -0.25) is 4.79 Å². The molecule has 0 aliphatic carbocycles. The maximum absolute atomic E-state index is 13.4. The Morgan fingerprint density at radius 3 is 2.57 bits per heavy atom. The lowest BCUT2D eigenvalue weighted by Gasteiger charge is -2.20. The van der Waals surface area contributed by atoms with Gasteiger partial charge in [-0.05, 0) is 30.7 Å². The number of nitrogens with zero attached hydrogens (tertiary/aromatic N) is 1. The van der Waals surface area contributed by atoms with Gasteiger partial charge in [0.05, 0.1) is 19.6 Å². The molecule has 21 heavy (non-hydrogen) atoms. The summed E-state index contributed by atoms with van der Waals surface area (Å²) < 4.78 is 13.4. The zero-order valence-corrected chi connectivity index (χ0v) is 11.9. The van der Waals surface area contributed by atoms with Crippen molar-refractivity contribution in [1.82, 2.24) is 9.88 Å². The number of fused-ring (bicyclic) bond motifs is 1. The van der Waals surface area contributed by atoms with Gasteiger partial charge in [-0.25, -0.2) is 4.39 Å². The van der Waals surface area contributed by atoms with E-state index in [1.54, 1.807) is 6.07 Å². The zero-order chi connectivity index (χ0) is 15.4. The lowest BCUT2D eigenvalue weighted by molar-refractivity contribution is -0.131. The predicted octanol–water partition coefficient (Wildman–Crippen LogP) is 0.971. The molecule has 3 N–H and O–H groups in total. The van der Waals surface area contributed by atoms with E-state index in [0.717, 1.165) is 16.8 Å². The van der Waals surface area contributed by atoms with Crippen LogP contribution in [-0.2, 0) is 11.2 Å². The minimum Gasteiger partial charge on any atom is -0.395 e. The number of hydrogen-bond donors (Lipinski definition) is 3. The SMILES string of the molecule is Cc1[nH]c2ccc(F)cc2c1CC(=O)N(CCO)CCO. The number of aromatic amines is 1. The minimum absolute atomic E-state index is 0.106. The first-order valence-electron chi connectivity index (χ1n) is 6.83. The molecule has 114 valence electrons. The van der Waals surface area contributed by atoms with Crippen molar-refractivity contribution < 1.29 is 19.4 Å². The van der Waals surface area contributed by atoms with E-state index in [1.165, 1.54) is 17.0 Å². The van der Waals surface area contributed by atoms with Gasteiger partial charge in [0.25, 0.3) is 0 Å². The molecule has 1 heterocycles. The maximum Gasteiger partial charge on any atom is 0.227 e. The van der Waals surface area contributed by atoms with Crippen molar-refractivity contribution in [2.75, 3.05) is 26.3 Å². The Kier molecular flexibility index (Phi) is 4.93. The van der Waals surface area contributed by atoms with E-state index >= 15 is 0 Å². The van der Waals surface area contributed by atoms with Crippen molar-refractivity contribution in [3.63, 3.8) is 0 Å². The first kappa shape index (κ1) is 15.5. The molecule has 2 rings (SSSR count). The van der Waals surface area contributed by atoms with Crippen LogP contribution in [0.2, 0.25) is 0 Å². The fraction of sp³-hybridized carbons (Fsp3) is 0.400. The summed E-state index contributed by atoms with van der Waals surface area (Å²) in [5.74, 6) is -0.552. The number of carbonyl (C=O) groups excluding carboxylic acids is 1. The fourth-order valence-electron chi connectivity index (χ4n) is 2.45. The van der Waals surface area contributed by atoms with Crippen LogP contribution >= 0.6 is 0 Å². The summed E-state index contributed by atoms with van der Waals surface area (Å²) in [6, 6.07) is 4.42. The van der Waals surface area contributed by atoms with Crippen LogP contribution < -0.4 is 0 Å². The molecule has 0 spiro atoms. The maximum atomic E-state index is 13.4. The third-order valence-electron chi connectivity index (χ3n) is 3.50. The number of carbonyl (C=O) groups is 1. The van der Waals surface area contributed by atoms with Crippen molar-refractivity contribution in [2.24, 2.45) is 0 Å². The summed E-state index contributed by atoms with van der Waals surface area (Å²) in [6.45, 7) is 1.87. The second-order valence-corrected chi connectivity index (χ2v) is 4.92. The van der Waals surface area contributed by atoms with Crippen molar-refractivity contribution in [1.29, 1.82) is 0 Å².